The average molecular weight is 339 g/mol. The van der Waals surface area contributed by atoms with Crippen LogP contribution in [-0.4, -0.2) is 34.0 Å². The third-order valence-corrected chi connectivity index (χ3v) is 4.39. The Labute approximate surface area is 126 Å². The van der Waals surface area contributed by atoms with Gasteiger partial charge in [0.05, 0.1) is 11.9 Å². The molecule has 1 aliphatic rings. The van der Waals surface area contributed by atoms with Crippen LogP contribution in [0.1, 0.15) is 18.4 Å². The maximum atomic E-state index is 12.0. The molecule has 0 aromatic heterocycles. The number of rotatable bonds is 6. The molecule has 124 valence electrons. The maximum absolute atomic E-state index is 12.0. The summed E-state index contributed by atoms with van der Waals surface area (Å²) in [7, 11) is -3.56. The van der Waals surface area contributed by atoms with Crippen LogP contribution in [0.5, 0.6) is 5.75 Å². The lowest BCUT2D eigenvalue weighted by molar-refractivity contribution is -0.274. The van der Waals surface area contributed by atoms with Crippen molar-refractivity contribution in [2.24, 2.45) is 0 Å². The summed E-state index contributed by atoms with van der Waals surface area (Å²) in [6, 6.07) is 4.73. The Morgan fingerprint density at radius 3 is 2.50 bits per heavy atom. The summed E-state index contributed by atoms with van der Waals surface area (Å²) < 4.78 is 71.3. The highest BCUT2D eigenvalue weighted by atomic mass is 32.2. The second-order valence-electron chi connectivity index (χ2n) is 4.93. The summed E-state index contributed by atoms with van der Waals surface area (Å²) in [6.45, 7) is 0.838. The van der Waals surface area contributed by atoms with Crippen LogP contribution in [0, 0.1) is 0 Å². The fraction of sp³-hybridized carbons (Fsp3) is 0.538. The summed E-state index contributed by atoms with van der Waals surface area (Å²) in [4.78, 5) is 0. The molecule has 22 heavy (non-hydrogen) atoms. The van der Waals surface area contributed by atoms with Gasteiger partial charge in [-0.1, -0.05) is 12.1 Å². The molecule has 1 heterocycles. The molecule has 9 heteroatoms. The molecular formula is C13H16F3NO4S. The molecule has 0 saturated carbocycles. The van der Waals surface area contributed by atoms with Crippen LogP contribution in [0.15, 0.2) is 24.3 Å². The SMILES string of the molecule is O=S(=O)(Cc1ccc(OC(F)(F)F)cc1)NC[C@@H]1CCCO1. The van der Waals surface area contributed by atoms with Crippen molar-refractivity contribution < 1.29 is 31.1 Å². The van der Waals surface area contributed by atoms with Gasteiger partial charge in [0.15, 0.2) is 0 Å². The third-order valence-electron chi connectivity index (χ3n) is 3.07. The van der Waals surface area contributed by atoms with Gasteiger partial charge in [-0.25, -0.2) is 13.1 Å². The van der Waals surface area contributed by atoms with Gasteiger partial charge in [0.1, 0.15) is 5.75 Å². The molecule has 1 atom stereocenters. The summed E-state index contributed by atoms with van der Waals surface area (Å²) in [5, 5.41) is 0. The lowest BCUT2D eigenvalue weighted by Gasteiger charge is -2.12. The third kappa shape index (κ3) is 5.82. The van der Waals surface area contributed by atoms with E-state index in [-0.39, 0.29) is 24.2 Å². The number of hydrogen-bond acceptors (Lipinski definition) is 4. The maximum Gasteiger partial charge on any atom is 0.573 e. The van der Waals surface area contributed by atoms with E-state index < -0.39 is 16.4 Å². The molecule has 1 aliphatic heterocycles. The van der Waals surface area contributed by atoms with E-state index in [0.29, 0.717) is 12.2 Å². The van der Waals surface area contributed by atoms with Crippen molar-refractivity contribution in [3.05, 3.63) is 29.8 Å². The molecular weight excluding hydrogens is 323 g/mol. The second-order valence-corrected chi connectivity index (χ2v) is 6.74. The zero-order chi connectivity index (χ0) is 16.2. The molecule has 0 amide bonds. The first-order valence-electron chi connectivity index (χ1n) is 6.67. The van der Waals surface area contributed by atoms with E-state index >= 15 is 0 Å². The highest BCUT2D eigenvalue weighted by Crippen LogP contribution is 2.23. The summed E-state index contributed by atoms with van der Waals surface area (Å²) in [5.74, 6) is -0.701. The first kappa shape index (κ1) is 17.0. The van der Waals surface area contributed by atoms with Crippen molar-refractivity contribution in [3.8, 4) is 5.75 Å². The molecule has 0 spiro atoms. The second kappa shape index (κ2) is 6.84. The van der Waals surface area contributed by atoms with Gasteiger partial charge >= 0.3 is 6.36 Å². The molecule has 5 nitrogen and oxygen atoms in total. The van der Waals surface area contributed by atoms with Crippen molar-refractivity contribution in [2.75, 3.05) is 13.2 Å². The fourth-order valence-corrected chi connectivity index (χ4v) is 3.26. The Hall–Kier alpha value is -1.32. The smallest absolute Gasteiger partial charge is 0.406 e. The number of halogens is 3. The first-order valence-corrected chi connectivity index (χ1v) is 8.32. The Balaban J connectivity index is 1.88. The van der Waals surface area contributed by atoms with Gasteiger partial charge in [-0.05, 0) is 30.5 Å². The van der Waals surface area contributed by atoms with Crippen LogP contribution in [0.2, 0.25) is 0 Å². The zero-order valence-corrected chi connectivity index (χ0v) is 12.4. The minimum atomic E-state index is -4.77. The van der Waals surface area contributed by atoms with E-state index in [0.717, 1.165) is 25.0 Å². The average Bonchev–Trinajstić information content (AvgIpc) is 2.90. The van der Waals surface area contributed by atoms with E-state index in [1.54, 1.807) is 0 Å². The number of hydrogen-bond donors (Lipinski definition) is 1. The van der Waals surface area contributed by atoms with Gasteiger partial charge in [-0.3, -0.25) is 0 Å². The van der Waals surface area contributed by atoms with Gasteiger partial charge in [0.25, 0.3) is 0 Å². The topological polar surface area (TPSA) is 64.6 Å². The standard InChI is InChI=1S/C13H16F3NO4S/c14-13(15,16)21-11-5-3-10(4-6-11)9-22(18,19)17-8-12-2-1-7-20-12/h3-6,12,17H,1-2,7-9H2/t12-/m0/s1. The molecule has 1 N–H and O–H groups in total. The van der Waals surface area contributed by atoms with E-state index in [1.165, 1.54) is 12.1 Å². The molecule has 0 unspecified atom stereocenters. The number of benzene rings is 1. The number of nitrogens with one attached hydrogen (secondary N) is 1. The predicted octanol–water partition coefficient (Wildman–Crippen LogP) is 2.18. The van der Waals surface area contributed by atoms with Gasteiger partial charge in [-0.2, -0.15) is 0 Å². The normalized spacial score (nSPS) is 19.3. The lowest BCUT2D eigenvalue weighted by atomic mass is 10.2. The van der Waals surface area contributed by atoms with Crippen molar-refractivity contribution in [2.45, 2.75) is 31.1 Å². The molecule has 1 fully saturated rings. The molecule has 0 radical (unpaired) electrons. The zero-order valence-electron chi connectivity index (χ0n) is 11.6. The van der Waals surface area contributed by atoms with Gasteiger partial charge in [0.2, 0.25) is 10.0 Å². The molecule has 2 rings (SSSR count). The number of alkyl halides is 3. The molecule has 0 aliphatic carbocycles. The summed E-state index contributed by atoms with van der Waals surface area (Å²) in [5.41, 5.74) is 0.370. The Bertz CT molecular complexity index is 580. The fourth-order valence-electron chi connectivity index (χ4n) is 2.08. The highest BCUT2D eigenvalue weighted by molar-refractivity contribution is 7.88. The van der Waals surface area contributed by atoms with Crippen molar-refractivity contribution in [1.82, 2.24) is 4.72 Å². The van der Waals surface area contributed by atoms with E-state index in [9.17, 15) is 21.6 Å². The highest BCUT2D eigenvalue weighted by Gasteiger charge is 2.31. The van der Waals surface area contributed by atoms with Gasteiger partial charge in [0, 0.05) is 13.2 Å². The minimum absolute atomic E-state index is 0.114. The first-order chi connectivity index (χ1) is 10.2. The Morgan fingerprint density at radius 2 is 1.95 bits per heavy atom. The van der Waals surface area contributed by atoms with Crippen LogP contribution in [0.25, 0.3) is 0 Å². The minimum Gasteiger partial charge on any atom is -0.406 e. The Kier molecular flexibility index (Phi) is 5.30. The number of ether oxygens (including phenoxy) is 2. The number of sulfonamides is 1. The quantitative estimate of drug-likeness (QED) is 0.863. The van der Waals surface area contributed by atoms with Crippen LogP contribution < -0.4 is 9.46 Å². The summed E-state index contributed by atoms with van der Waals surface area (Å²) >= 11 is 0. The molecule has 1 aromatic rings. The van der Waals surface area contributed by atoms with Gasteiger partial charge in [-0.15, -0.1) is 13.2 Å². The van der Waals surface area contributed by atoms with Gasteiger partial charge < -0.3 is 9.47 Å². The predicted molar refractivity (Wildman–Crippen MR) is 72.7 cm³/mol. The monoisotopic (exact) mass is 339 g/mol. The summed E-state index contributed by atoms with van der Waals surface area (Å²) in [6.07, 6.45) is -3.16. The van der Waals surface area contributed by atoms with Crippen molar-refractivity contribution in [3.63, 3.8) is 0 Å². The van der Waals surface area contributed by atoms with Crippen molar-refractivity contribution in [1.29, 1.82) is 0 Å². The van der Waals surface area contributed by atoms with E-state index in [2.05, 4.69) is 9.46 Å². The van der Waals surface area contributed by atoms with Crippen LogP contribution in [-0.2, 0) is 20.5 Å². The van der Waals surface area contributed by atoms with E-state index in [1.807, 2.05) is 0 Å². The lowest BCUT2D eigenvalue weighted by Crippen LogP contribution is -2.32. The van der Waals surface area contributed by atoms with Crippen LogP contribution in [0.3, 0.4) is 0 Å². The van der Waals surface area contributed by atoms with Crippen LogP contribution in [0.4, 0.5) is 13.2 Å². The van der Waals surface area contributed by atoms with Crippen molar-refractivity contribution >= 4 is 10.0 Å². The molecule has 0 bridgehead atoms. The van der Waals surface area contributed by atoms with E-state index in [4.69, 9.17) is 4.74 Å². The van der Waals surface area contributed by atoms with Crippen LogP contribution >= 0.6 is 0 Å². The molecule has 1 saturated heterocycles. The largest absolute Gasteiger partial charge is 0.573 e. The molecule has 1 aromatic carbocycles. The Morgan fingerprint density at radius 1 is 1.27 bits per heavy atom.